The van der Waals surface area contributed by atoms with E-state index in [9.17, 15) is 0 Å². The highest BCUT2D eigenvalue weighted by Crippen LogP contribution is 2.26. The molecule has 2 rings (SSSR count). The summed E-state index contributed by atoms with van der Waals surface area (Å²) in [6.45, 7) is 2.64. The van der Waals surface area contributed by atoms with E-state index in [1.807, 2.05) is 24.3 Å². The van der Waals surface area contributed by atoms with Crippen LogP contribution in [-0.2, 0) is 0 Å². The Morgan fingerprint density at radius 2 is 2.13 bits per heavy atom. The monoisotopic (exact) mass is 220 g/mol. The number of nitrogens with two attached hydrogens (primary N) is 1. The minimum atomic E-state index is 0.245. The zero-order chi connectivity index (χ0) is 10.8. The van der Waals surface area contributed by atoms with Gasteiger partial charge in [-0.1, -0.05) is 36.7 Å². The Bertz CT molecular complexity index is 482. The molecule has 2 aromatic rings. The Labute approximate surface area is 94.1 Å². The number of rotatable bonds is 2. The Morgan fingerprint density at radius 3 is 2.87 bits per heavy atom. The van der Waals surface area contributed by atoms with Crippen molar-refractivity contribution in [1.82, 2.24) is 4.98 Å². The van der Waals surface area contributed by atoms with Gasteiger partial charge in [-0.3, -0.25) is 0 Å². The van der Waals surface area contributed by atoms with Crippen molar-refractivity contribution in [3.05, 3.63) is 41.0 Å². The molecule has 0 amide bonds. The largest absolute Gasteiger partial charge is 0.330 e. The van der Waals surface area contributed by atoms with Crippen LogP contribution in [-0.4, -0.2) is 11.5 Å². The first-order chi connectivity index (χ1) is 7.22. The maximum atomic E-state index is 6.11. The molecule has 0 radical (unpaired) electrons. The van der Waals surface area contributed by atoms with Crippen LogP contribution in [0.4, 0.5) is 0 Å². The number of fused-ring (bicyclic) bond motifs is 1. The summed E-state index contributed by atoms with van der Waals surface area (Å²) >= 11 is 6.11. The quantitative estimate of drug-likeness (QED) is 0.791. The van der Waals surface area contributed by atoms with Crippen LogP contribution in [0, 0.1) is 0 Å². The van der Waals surface area contributed by atoms with Crippen LogP contribution < -0.4 is 5.73 Å². The van der Waals surface area contributed by atoms with E-state index in [1.165, 1.54) is 0 Å². The van der Waals surface area contributed by atoms with Crippen LogP contribution in [0.2, 0.25) is 5.15 Å². The van der Waals surface area contributed by atoms with Crippen molar-refractivity contribution in [3.8, 4) is 0 Å². The molecule has 0 saturated carbocycles. The Balaban J connectivity index is 2.61. The minimum absolute atomic E-state index is 0.245. The van der Waals surface area contributed by atoms with Gasteiger partial charge >= 0.3 is 0 Å². The third-order valence-corrected chi connectivity index (χ3v) is 2.89. The molecule has 1 aromatic heterocycles. The maximum Gasteiger partial charge on any atom is 0.133 e. The van der Waals surface area contributed by atoms with Crippen molar-refractivity contribution in [2.75, 3.05) is 6.54 Å². The van der Waals surface area contributed by atoms with Crippen molar-refractivity contribution in [1.29, 1.82) is 0 Å². The summed E-state index contributed by atoms with van der Waals surface area (Å²) in [5, 5.41) is 1.67. The zero-order valence-corrected chi connectivity index (χ0v) is 9.33. The molecule has 1 atom stereocenters. The van der Waals surface area contributed by atoms with Crippen LogP contribution in [0.25, 0.3) is 10.9 Å². The first kappa shape index (κ1) is 10.4. The van der Waals surface area contributed by atoms with Gasteiger partial charge in [-0.15, -0.1) is 0 Å². The first-order valence-electron chi connectivity index (χ1n) is 4.97. The lowest BCUT2D eigenvalue weighted by Gasteiger charge is -2.11. The predicted molar refractivity (Wildman–Crippen MR) is 64.2 cm³/mol. The number of halogens is 1. The molecule has 0 spiro atoms. The summed E-state index contributed by atoms with van der Waals surface area (Å²) in [4.78, 5) is 4.35. The number of aromatic nitrogens is 1. The number of nitrogens with zero attached hydrogens (tertiary/aromatic N) is 1. The van der Waals surface area contributed by atoms with E-state index in [0.717, 1.165) is 16.5 Å². The lowest BCUT2D eigenvalue weighted by molar-refractivity contribution is 0.772. The fraction of sp³-hybridized carbons (Fsp3) is 0.250. The highest BCUT2D eigenvalue weighted by atomic mass is 35.5. The molecule has 0 aliphatic carbocycles. The third-order valence-electron chi connectivity index (χ3n) is 2.59. The second-order valence-electron chi connectivity index (χ2n) is 3.70. The fourth-order valence-corrected chi connectivity index (χ4v) is 1.91. The van der Waals surface area contributed by atoms with Crippen LogP contribution >= 0.6 is 11.6 Å². The van der Waals surface area contributed by atoms with E-state index in [2.05, 4.69) is 18.0 Å². The molecule has 0 fully saturated rings. The van der Waals surface area contributed by atoms with Crippen molar-refractivity contribution in [3.63, 3.8) is 0 Å². The van der Waals surface area contributed by atoms with E-state index < -0.39 is 0 Å². The van der Waals surface area contributed by atoms with Crippen molar-refractivity contribution in [2.24, 2.45) is 5.73 Å². The summed E-state index contributed by atoms with van der Waals surface area (Å²) in [6.07, 6.45) is 0. The summed E-state index contributed by atoms with van der Waals surface area (Å²) in [5.41, 5.74) is 7.58. The lowest BCUT2D eigenvalue weighted by Crippen LogP contribution is -2.09. The lowest BCUT2D eigenvalue weighted by atomic mass is 10.0. The van der Waals surface area contributed by atoms with E-state index >= 15 is 0 Å². The molecule has 0 saturated heterocycles. The minimum Gasteiger partial charge on any atom is -0.330 e. The Kier molecular flexibility index (Phi) is 2.89. The second-order valence-corrected chi connectivity index (χ2v) is 4.06. The SMILES string of the molecule is CC(CN)c1cc2ccccc2nc1Cl. The summed E-state index contributed by atoms with van der Waals surface area (Å²) in [6, 6.07) is 10.0. The van der Waals surface area contributed by atoms with Gasteiger partial charge in [0.25, 0.3) is 0 Å². The van der Waals surface area contributed by atoms with E-state index in [1.54, 1.807) is 0 Å². The Morgan fingerprint density at radius 1 is 1.40 bits per heavy atom. The molecule has 1 heterocycles. The fourth-order valence-electron chi connectivity index (χ4n) is 1.58. The van der Waals surface area contributed by atoms with Gasteiger partial charge in [-0.05, 0) is 30.2 Å². The number of hydrogen-bond acceptors (Lipinski definition) is 2. The molecule has 15 heavy (non-hydrogen) atoms. The molecule has 0 aliphatic rings. The Hall–Kier alpha value is -1.12. The van der Waals surface area contributed by atoms with Crippen LogP contribution in [0.15, 0.2) is 30.3 Å². The molecule has 0 bridgehead atoms. The smallest absolute Gasteiger partial charge is 0.133 e. The molecule has 2 N–H and O–H groups in total. The van der Waals surface area contributed by atoms with Crippen LogP contribution in [0.1, 0.15) is 18.4 Å². The van der Waals surface area contributed by atoms with Crippen LogP contribution in [0.5, 0.6) is 0 Å². The zero-order valence-electron chi connectivity index (χ0n) is 8.57. The molecular formula is C12H13ClN2. The van der Waals surface area contributed by atoms with Crippen molar-refractivity contribution < 1.29 is 0 Å². The highest BCUT2D eigenvalue weighted by Gasteiger charge is 2.10. The van der Waals surface area contributed by atoms with Crippen molar-refractivity contribution >= 4 is 22.5 Å². The molecule has 1 unspecified atom stereocenters. The van der Waals surface area contributed by atoms with Gasteiger partial charge in [-0.2, -0.15) is 0 Å². The predicted octanol–water partition coefficient (Wildman–Crippen LogP) is 2.95. The topological polar surface area (TPSA) is 38.9 Å². The van der Waals surface area contributed by atoms with Crippen LogP contribution in [0.3, 0.4) is 0 Å². The number of para-hydroxylation sites is 1. The normalized spacial score (nSPS) is 13.0. The van der Waals surface area contributed by atoms with Gasteiger partial charge in [0, 0.05) is 5.39 Å². The van der Waals surface area contributed by atoms with E-state index in [-0.39, 0.29) is 5.92 Å². The third kappa shape index (κ3) is 1.96. The standard InChI is InChI=1S/C12H13ClN2/c1-8(7-14)10-6-9-4-2-3-5-11(9)15-12(10)13/h2-6,8H,7,14H2,1H3. The molecule has 78 valence electrons. The molecule has 1 aromatic carbocycles. The van der Waals surface area contributed by atoms with Gasteiger partial charge in [0.15, 0.2) is 0 Å². The second kappa shape index (κ2) is 4.17. The van der Waals surface area contributed by atoms with E-state index in [4.69, 9.17) is 17.3 Å². The summed E-state index contributed by atoms with van der Waals surface area (Å²) < 4.78 is 0. The van der Waals surface area contributed by atoms with E-state index in [0.29, 0.717) is 11.7 Å². The van der Waals surface area contributed by atoms with Gasteiger partial charge in [-0.25, -0.2) is 4.98 Å². The molecular weight excluding hydrogens is 208 g/mol. The number of pyridine rings is 1. The molecule has 0 aliphatic heterocycles. The molecule has 3 heteroatoms. The highest BCUT2D eigenvalue weighted by molar-refractivity contribution is 6.30. The number of hydrogen-bond donors (Lipinski definition) is 1. The average molecular weight is 221 g/mol. The van der Waals surface area contributed by atoms with Gasteiger partial charge in [0.1, 0.15) is 5.15 Å². The first-order valence-corrected chi connectivity index (χ1v) is 5.35. The summed E-state index contributed by atoms with van der Waals surface area (Å²) in [5.74, 6) is 0.245. The number of benzene rings is 1. The summed E-state index contributed by atoms with van der Waals surface area (Å²) in [7, 11) is 0. The van der Waals surface area contributed by atoms with Gasteiger partial charge < -0.3 is 5.73 Å². The van der Waals surface area contributed by atoms with Gasteiger partial charge in [0.2, 0.25) is 0 Å². The van der Waals surface area contributed by atoms with Crippen molar-refractivity contribution in [2.45, 2.75) is 12.8 Å². The van der Waals surface area contributed by atoms with Gasteiger partial charge in [0.05, 0.1) is 5.52 Å². The maximum absolute atomic E-state index is 6.11. The average Bonchev–Trinajstić information content (AvgIpc) is 2.27. The molecule has 2 nitrogen and oxygen atoms in total.